The zero-order chi connectivity index (χ0) is 32.5. The summed E-state index contributed by atoms with van der Waals surface area (Å²) in [6.45, 7) is 16.5. The van der Waals surface area contributed by atoms with Crippen molar-refractivity contribution in [2.45, 2.75) is 0 Å². The number of fused-ring (bicyclic) bond motifs is 3. The Hall–Kier alpha value is -6.46. The van der Waals surface area contributed by atoms with E-state index < -0.39 is 8.07 Å². The summed E-state index contributed by atoms with van der Waals surface area (Å²) >= 11 is 0. The summed E-state index contributed by atoms with van der Waals surface area (Å²) in [5.74, 6) is 0. The van der Waals surface area contributed by atoms with Crippen molar-refractivity contribution in [3.8, 4) is 16.8 Å². The molecule has 8 aromatic rings. The molecule has 0 spiro atoms. The second-order valence-electron chi connectivity index (χ2n) is 11.9. The highest BCUT2D eigenvalue weighted by atomic mass is 28.3. The van der Waals surface area contributed by atoms with E-state index in [0.717, 1.165) is 32.9 Å². The predicted molar refractivity (Wildman–Crippen MR) is 202 cm³/mol. The first-order valence-electron chi connectivity index (χ1n) is 15.9. The molecule has 8 rings (SSSR count). The predicted octanol–water partition coefficient (Wildman–Crippen LogP) is 8.93. The van der Waals surface area contributed by atoms with Crippen LogP contribution in [-0.4, -0.2) is 12.6 Å². The smallest absolute Gasteiger partial charge is 0.217 e. The first kappa shape index (κ1) is 29.0. The van der Waals surface area contributed by atoms with Crippen LogP contribution in [0.1, 0.15) is 0 Å². The van der Waals surface area contributed by atoms with Gasteiger partial charge in [0, 0.05) is 16.5 Å². The van der Waals surface area contributed by atoms with Crippen molar-refractivity contribution in [1.82, 2.24) is 4.57 Å². The van der Waals surface area contributed by atoms with Gasteiger partial charge in [-0.15, -0.1) is 0 Å². The van der Waals surface area contributed by atoms with Gasteiger partial charge in [0.25, 0.3) is 0 Å². The maximum absolute atomic E-state index is 8.28. The largest absolute Gasteiger partial charge is 0.320 e. The molecule has 1 heterocycles. The lowest BCUT2D eigenvalue weighted by molar-refractivity contribution is 1.19. The monoisotopic (exact) mass is 627 g/mol. The van der Waals surface area contributed by atoms with Crippen LogP contribution in [0, 0.1) is 13.1 Å². The third-order valence-corrected chi connectivity index (χ3v) is 14.2. The molecule has 48 heavy (non-hydrogen) atoms. The Balaban J connectivity index is 1.49. The van der Waals surface area contributed by atoms with Crippen molar-refractivity contribution in [2.75, 3.05) is 0 Å². The molecule has 0 atom stereocenters. The van der Waals surface area contributed by atoms with Gasteiger partial charge >= 0.3 is 0 Å². The molecule has 0 aliphatic heterocycles. The number of nitrogens with zero attached hydrogens (tertiary/aromatic N) is 3. The van der Waals surface area contributed by atoms with E-state index in [1.54, 1.807) is 0 Å². The van der Waals surface area contributed by atoms with Crippen molar-refractivity contribution >= 4 is 62.0 Å². The molecule has 0 aliphatic rings. The van der Waals surface area contributed by atoms with E-state index in [4.69, 9.17) is 13.1 Å². The van der Waals surface area contributed by atoms with Gasteiger partial charge in [0.2, 0.25) is 5.69 Å². The summed E-state index contributed by atoms with van der Waals surface area (Å²) < 4.78 is 2.16. The molecule has 0 saturated carbocycles. The number of aromatic nitrogens is 1. The fraction of sp³-hybridized carbons (Fsp3) is 0. The van der Waals surface area contributed by atoms with Crippen LogP contribution in [0.15, 0.2) is 176 Å². The number of rotatable bonds is 6. The van der Waals surface area contributed by atoms with Crippen LogP contribution in [-0.2, 0) is 0 Å². The highest BCUT2D eigenvalue weighted by Gasteiger charge is 2.42. The van der Waals surface area contributed by atoms with Crippen LogP contribution in [0.3, 0.4) is 0 Å². The van der Waals surface area contributed by atoms with Crippen LogP contribution < -0.4 is 20.7 Å². The Labute approximate surface area is 281 Å². The lowest BCUT2D eigenvalue weighted by Gasteiger charge is -2.36. The average Bonchev–Trinajstić information content (AvgIpc) is 3.50. The minimum atomic E-state index is -2.89. The number of hydrogen-bond donors (Lipinski definition) is 0. The Bertz CT molecular complexity index is 2370. The molecular weight excluding hydrogens is 599 g/mol. The molecule has 0 N–H and O–H groups in total. The summed E-state index contributed by atoms with van der Waals surface area (Å²) in [5.41, 5.74) is 5.41. The second kappa shape index (κ2) is 12.0. The summed E-state index contributed by atoms with van der Waals surface area (Å²) in [6.07, 6.45) is 0. The highest BCUT2D eigenvalue weighted by Crippen LogP contribution is 2.43. The standard InChI is InChI=1S/C44H29N3Si/c1-45-39-30-32(31-42(44(39)46-2)47-40-27-15-12-25-37(40)38-26-13-16-28-41(38)47)36-24-14-17-29-43(36)48(33-18-6-3-7-19-33,34-20-8-4-9-21-34)35-22-10-5-11-23-35/h3-31H. The lowest BCUT2D eigenvalue weighted by Crippen LogP contribution is -2.75. The van der Waals surface area contributed by atoms with Crippen molar-refractivity contribution < 1.29 is 0 Å². The number of benzene rings is 7. The quantitative estimate of drug-likeness (QED) is 0.0993. The van der Waals surface area contributed by atoms with Crippen LogP contribution in [0.2, 0.25) is 0 Å². The summed E-state index contributed by atoms with van der Waals surface area (Å²) in [7, 11) is -2.89. The minimum Gasteiger partial charge on any atom is -0.320 e. The first-order chi connectivity index (χ1) is 23.8. The van der Waals surface area contributed by atoms with Gasteiger partial charge in [-0.3, -0.25) is 0 Å². The average molecular weight is 628 g/mol. The van der Waals surface area contributed by atoms with Crippen LogP contribution in [0.4, 0.5) is 11.4 Å². The van der Waals surface area contributed by atoms with E-state index in [2.05, 4.69) is 160 Å². The molecule has 0 fully saturated rings. The van der Waals surface area contributed by atoms with Crippen LogP contribution in [0.25, 0.3) is 48.3 Å². The van der Waals surface area contributed by atoms with Crippen molar-refractivity contribution in [3.63, 3.8) is 0 Å². The molecule has 0 aliphatic carbocycles. The molecular formula is C44H29N3Si. The normalized spacial score (nSPS) is 11.3. The molecule has 0 bridgehead atoms. The van der Waals surface area contributed by atoms with Crippen molar-refractivity contribution in [2.24, 2.45) is 0 Å². The van der Waals surface area contributed by atoms with E-state index in [1.807, 2.05) is 30.3 Å². The number of hydrogen-bond acceptors (Lipinski definition) is 0. The van der Waals surface area contributed by atoms with E-state index >= 15 is 0 Å². The topological polar surface area (TPSA) is 13.6 Å². The molecule has 0 saturated heterocycles. The molecule has 0 unspecified atom stereocenters. The van der Waals surface area contributed by atoms with Gasteiger partial charge in [-0.1, -0.05) is 158 Å². The molecule has 4 heteroatoms. The van der Waals surface area contributed by atoms with Gasteiger partial charge in [0.05, 0.1) is 24.2 Å². The zero-order valence-electron chi connectivity index (χ0n) is 26.1. The fourth-order valence-electron chi connectivity index (χ4n) is 7.40. The van der Waals surface area contributed by atoms with E-state index in [9.17, 15) is 0 Å². The van der Waals surface area contributed by atoms with Gasteiger partial charge in [-0.05, 0) is 50.1 Å². The highest BCUT2D eigenvalue weighted by molar-refractivity contribution is 7.20. The van der Waals surface area contributed by atoms with Gasteiger partial charge < -0.3 is 4.57 Å². The Morgan fingerprint density at radius 3 is 1.42 bits per heavy atom. The second-order valence-corrected chi connectivity index (χ2v) is 15.6. The van der Waals surface area contributed by atoms with Crippen LogP contribution in [0.5, 0.6) is 0 Å². The molecule has 1 aromatic heterocycles. The van der Waals surface area contributed by atoms with E-state index in [-0.39, 0.29) is 0 Å². The lowest BCUT2D eigenvalue weighted by atomic mass is 10.0. The molecule has 224 valence electrons. The first-order valence-corrected chi connectivity index (χ1v) is 17.9. The fourth-order valence-corrected chi connectivity index (χ4v) is 12.4. The van der Waals surface area contributed by atoms with Crippen LogP contribution >= 0.6 is 0 Å². The van der Waals surface area contributed by atoms with E-state index in [1.165, 1.54) is 20.7 Å². The Morgan fingerprint density at radius 2 is 0.917 bits per heavy atom. The molecule has 0 radical (unpaired) electrons. The zero-order valence-corrected chi connectivity index (χ0v) is 27.1. The Morgan fingerprint density at radius 1 is 0.458 bits per heavy atom. The molecule has 3 nitrogen and oxygen atoms in total. The third-order valence-electron chi connectivity index (χ3n) is 9.39. The van der Waals surface area contributed by atoms with E-state index in [0.29, 0.717) is 17.1 Å². The molecule has 0 amide bonds. The van der Waals surface area contributed by atoms with Gasteiger partial charge in [0.1, 0.15) is 0 Å². The maximum atomic E-state index is 8.28. The summed E-state index contributed by atoms with van der Waals surface area (Å²) in [6, 6.07) is 61.9. The minimum absolute atomic E-state index is 0.348. The summed E-state index contributed by atoms with van der Waals surface area (Å²) in [5, 5.41) is 7.29. The SMILES string of the molecule is [C-]#[N+]c1cc(-c2ccccc2[Si](c2ccccc2)(c2ccccc2)c2ccccc2)cc(-n2c3ccccc3c3ccccc32)c1[N+]#[C-]. The Kier molecular flexibility index (Phi) is 7.27. The molecule has 7 aromatic carbocycles. The van der Waals surface area contributed by atoms with Crippen molar-refractivity contribution in [1.29, 1.82) is 0 Å². The number of para-hydroxylation sites is 2. The summed E-state index contributed by atoms with van der Waals surface area (Å²) in [4.78, 5) is 7.94. The maximum Gasteiger partial charge on any atom is 0.217 e. The third kappa shape index (κ3) is 4.48. The van der Waals surface area contributed by atoms with Crippen molar-refractivity contribution in [3.05, 3.63) is 199 Å². The van der Waals surface area contributed by atoms with Gasteiger partial charge in [-0.25, -0.2) is 9.69 Å². The van der Waals surface area contributed by atoms with Gasteiger partial charge in [0.15, 0.2) is 13.8 Å². The van der Waals surface area contributed by atoms with Gasteiger partial charge in [-0.2, -0.15) is 0 Å².